The van der Waals surface area contributed by atoms with Crippen LogP contribution in [0.2, 0.25) is 10.0 Å². The van der Waals surface area contributed by atoms with E-state index in [1.54, 1.807) is 30.6 Å². The monoisotopic (exact) mass is 992 g/mol. The Balaban J connectivity index is 1.16. The van der Waals surface area contributed by atoms with Crippen molar-refractivity contribution in [3.8, 4) is 46.8 Å². The number of unbranched alkanes of at least 4 members (excludes halogenated alkanes) is 1. The number of nitrogens with zero attached hydrogens (tertiary/aromatic N) is 6. The minimum atomic E-state index is -0.860. The molecule has 6 aromatic rings. The summed E-state index contributed by atoms with van der Waals surface area (Å²) in [6, 6.07) is 24.1. The summed E-state index contributed by atoms with van der Waals surface area (Å²) in [6.07, 6.45) is 8.72. The minimum Gasteiger partial charge on any atom is -0.481 e. The fraction of sp³-hybridized carbons (Fsp3) is 0.250. The maximum absolute atomic E-state index is 11.0. The predicted molar refractivity (Wildman–Crippen MR) is 249 cm³/mol. The molecule has 0 saturated carbocycles. The molecule has 0 aliphatic carbocycles. The van der Waals surface area contributed by atoms with Crippen molar-refractivity contribution in [2.24, 2.45) is 0 Å². The predicted octanol–water partition coefficient (Wildman–Crippen LogP) is 9.09. The third-order valence-corrected chi connectivity index (χ3v) is 11.2. The number of hydrogen-bond acceptors (Lipinski definition) is 14. The lowest BCUT2D eigenvalue weighted by atomic mass is 10.0. The molecule has 4 aromatic heterocycles. The lowest BCUT2D eigenvalue weighted by molar-refractivity contribution is -0.137. The van der Waals surface area contributed by atoms with Crippen LogP contribution in [0.25, 0.3) is 11.1 Å². The summed E-state index contributed by atoms with van der Waals surface area (Å²) < 4.78 is 25.2. The van der Waals surface area contributed by atoms with E-state index in [9.17, 15) is 20.1 Å². The van der Waals surface area contributed by atoms with Gasteiger partial charge in [0.25, 0.3) is 0 Å². The minimum absolute atomic E-state index is 0.0509. The molecule has 3 N–H and O–H groups in total. The number of carbonyl (C=O) groups excluding carboxylic acids is 1. The van der Waals surface area contributed by atoms with E-state index >= 15 is 0 Å². The molecule has 6 rings (SSSR count). The Hall–Kier alpha value is -6.66. The largest absolute Gasteiger partial charge is 0.481 e. The molecule has 4 heterocycles. The van der Waals surface area contributed by atoms with E-state index in [2.05, 4.69) is 53.7 Å². The smallest absolute Gasteiger partial charge is 0.303 e. The summed E-state index contributed by atoms with van der Waals surface area (Å²) in [5.41, 5.74) is 6.36. The number of nitrogens with one attached hydrogen (secondary N) is 2. The number of aliphatic carboxylic acids is 1. The van der Waals surface area contributed by atoms with Crippen molar-refractivity contribution in [1.29, 1.82) is 10.5 Å². The van der Waals surface area contributed by atoms with E-state index in [0.29, 0.717) is 116 Å². The first kappa shape index (κ1) is 48.8. The highest BCUT2D eigenvalue weighted by atomic mass is 79.9. The Bertz CT molecular complexity index is 2730. The van der Waals surface area contributed by atoms with E-state index in [1.165, 1.54) is 12.4 Å². The molecule has 0 atom stereocenters. The molecule has 0 aliphatic rings. The van der Waals surface area contributed by atoms with Crippen LogP contribution in [0.5, 0.6) is 23.5 Å². The molecule has 0 unspecified atom stereocenters. The lowest BCUT2D eigenvalue weighted by Gasteiger charge is -2.17. The number of carboxylic acid groups (broad SMARTS) is 1. The molecule has 0 amide bonds. The van der Waals surface area contributed by atoms with Crippen LogP contribution in [0.1, 0.15) is 70.2 Å². The van der Waals surface area contributed by atoms with Crippen molar-refractivity contribution < 1.29 is 33.6 Å². The number of carbonyl (C=O) groups is 2. The summed E-state index contributed by atoms with van der Waals surface area (Å²) in [7, 11) is 0. The Morgan fingerprint density at radius 2 is 1.24 bits per heavy atom. The SMILES string of the molecule is N#Cc1cncc(COc2nc(OCc3cccc(-c4cccc(COc5nc(OCc6cncc(C#N)c6)c(CNCCCC=O)cc5Br)c4Cl)c3Cl)ccc2CNCCCC(=O)O)c1. The molecule has 0 fully saturated rings. The van der Waals surface area contributed by atoms with Crippen LogP contribution in [-0.4, -0.2) is 50.4 Å². The van der Waals surface area contributed by atoms with Crippen LogP contribution >= 0.6 is 39.1 Å². The van der Waals surface area contributed by atoms with E-state index in [0.717, 1.165) is 17.4 Å². The summed E-state index contributed by atoms with van der Waals surface area (Å²) in [4.78, 5) is 39.3. The first-order valence-corrected chi connectivity index (χ1v) is 22.2. The van der Waals surface area contributed by atoms with Gasteiger partial charge in [-0.25, -0.2) is 0 Å². The first-order valence-electron chi connectivity index (χ1n) is 20.7. The number of nitriles is 2. The Morgan fingerprint density at radius 3 is 1.83 bits per heavy atom. The highest BCUT2D eigenvalue weighted by molar-refractivity contribution is 9.10. The summed E-state index contributed by atoms with van der Waals surface area (Å²) in [5.74, 6) is 0.304. The quantitative estimate of drug-likeness (QED) is 0.0360. The third kappa shape index (κ3) is 14.2. The molecule has 0 spiro atoms. The molecular formula is C48H43BrCl2N8O7. The number of aromatic nitrogens is 4. The van der Waals surface area contributed by atoms with Gasteiger partial charge in [-0.1, -0.05) is 59.6 Å². The van der Waals surface area contributed by atoms with Gasteiger partial charge in [-0.05, 0) is 66.1 Å². The highest BCUT2D eigenvalue weighted by Crippen LogP contribution is 2.38. The van der Waals surface area contributed by atoms with Gasteiger partial charge < -0.3 is 39.5 Å². The van der Waals surface area contributed by atoms with Crippen molar-refractivity contribution in [1.82, 2.24) is 30.6 Å². The number of hydrogen-bond donors (Lipinski definition) is 3. The Morgan fingerprint density at radius 1 is 0.682 bits per heavy atom. The van der Waals surface area contributed by atoms with Crippen LogP contribution in [0.4, 0.5) is 0 Å². The van der Waals surface area contributed by atoms with Crippen molar-refractivity contribution >= 4 is 51.4 Å². The number of aldehydes is 1. The molecule has 338 valence electrons. The molecule has 2 aromatic carbocycles. The Labute approximate surface area is 399 Å². The van der Waals surface area contributed by atoms with Crippen LogP contribution in [0.3, 0.4) is 0 Å². The second kappa shape index (κ2) is 25.1. The number of benzene rings is 2. The van der Waals surface area contributed by atoms with E-state index < -0.39 is 5.97 Å². The molecule has 18 heteroatoms. The fourth-order valence-corrected chi connectivity index (χ4v) is 7.46. The average molecular weight is 995 g/mol. The summed E-state index contributed by atoms with van der Waals surface area (Å²) in [6.45, 7) is 2.22. The molecule has 0 bridgehead atoms. The van der Waals surface area contributed by atoms with Gasteiger partial charge in [0.1, 0.15) is 44.9 Å². The maximum Gasteiger partial charge on any atom is 0.303 e. The second-order valence-electron chi connectivity index (χ2n) is 14.6. The molecule has 0 aliphatic heterocycles. The van der Waals surface area contributed by atoms with Gasteiger partial charge in [0, 0.05) is 101 Å². The standard InChI is InChI=1S/C48H43BrCl2N8O7/c49-41-18-38(26-54-13-1-2-15-60)47(65-28-34-17-32(20-53)22-57-24-34)59-48(41)66-30-37-7-4-9-40(45(37)51)39-8-3-6-36(44(39)50)29-63-42-12-11-35(25-55-14-5-10-43(61)62)46(58-42)64-27-33-16-31(19-52)21-56-23-33/h3-4,6-9,11-12,15-18,21-24,54-55H,1-2,5,10,13-14,25-30H2,(H,61,62). The van der Waals surface area contributed by atoms with Gasteiger partial charge >= 0.3 is 5.97 Å². The number of ether oxygens (including phenoxy) is 4. The topological polar surface area (TPSA) is 214 Å². The average Bonchev–Trinajstić information content (AvgIpc) is 3.33. The fourth-order valence-electron chi connectivity index (χ4n) is 6.42. The third-order valence-electron chi connectivity index (χ3n) is 9.73. The summed E-state index contributed by atoms with van der Waals surface area (Å²) >= 11 is 17.7. The number of pyridine rings is 4. The van der Waals surface area contributed by atoms with Gasteiger partial charge in [-0.2, -0.15) is 20.5 Å². The van der Waals surface area contributed by atoms with Crippen molar-refractivity contribution in [2.45, 2.75) is 65.2 Å². The Kier molecular flexibility index (Phi) is 18.6. The van der Waals surface area contributed by atoms with Gasteiger partial charge in [-0.15, -0.1) is 0 Å². The second-order valence-corrected chi connectivity index (χ2v) is 16.2. The zero-order valence-corrected chi connectivity index (χ0v) is 38.5. The van der Waals surface area contributed by atoms with Crippen LogP contribution < -0.4 is 29.6 Å². The van der Waals surface area contributed by atoms with Gasteiger partial charge in [-0.3, -0.25) is 14.8 Å². The van der Waals surface area contributed by atoms with E-state index in [4.69, 9.17) is 52.2 Å². The van der Waals surface area contributed by atoms with Crippen molar-refractivity contribution in [3.63, 3.8) is 0 Å². The highest BCUT2D eigenvalue weighted by Gasteiger charge is 2.18. The van der Waals surface area contributed by atoms with Crippen LogP contribution in [0.15, 0.2) is 96.0 Å². The molecular weight excluding hydrogens is 951 g/mol. The van der Waals surface area contributed by atoms with Gasteiger partial charge in [0.2, 0.25) is 23.5 Å². The number of halogens is 3. The number of carboxylic acids is 1. The van der Waals surface area contributed by atoms with Crippen LogP contribution in [0, 0.1) is 22.7 Å². The molecule has 0 radical (unpaired) electrons. The molecule has 15 nitrogen and oxygen atoms in total. The van der Waals surface area contributed by atoms with Gasteiger partial charge in [0.05, 0.1) is 25.6 Å². The molecule has 0 saturated heterocycles. The van der Waals surface area contributed by atoms with E-state index in [-0.39, 0.29) is 44.6 Å². The zero-order valence-electron chi connectivity index (χ0n) is 35.4. The van der Waals surface area contributed by atoms with Gasteiger partial charge in [0.15, 0.2) is 0 Å². The lowest BCUT2D eigenvalue weighted by Crippen LogP contribution is -2.17. The van der Waals surface area contributed by atoms with Crippen molar-refractivity contribution in [2.75, 3.05) is 13.1 Å². The molecule has 66 heavy (non-hydrogen) atoms. The maximum atomic E-state index is 11.0. The van der Waals surface area contributed by atoms with Crippen molar-refractivity contribution in [3.05, 3.63) is 151 Å². The zero-order chi connectivity index (χ0) is 46.7. The first-order chi connectivity index (χ1) is 32.1. The van der Waals surface area contributed by atoms with Crippen LogP contribution in [-0.2, 0) is 49.1 Å². The number of rotatable bonds is 25. The van der Waals surface area contributed by atoms with E-state index in [1.807, 2.05) is 48.5 Å². The summed E-state index contributed by atoms with van der Waals surface area (Å²) in [5, 5.41) is 35.0. The normalized spacial score (nSPS) is 10.7.